The number of carbonyl (C=O) groups is 4. The molecule has 3 amide bonds. The highest BCUT2D eigenvalue weighted by Crippen LogP contribution is 2.21. The maximum Gasteiger partial charge on any atom is 0.329 e. The molecule has 2 unspecified atom stereocenters. The second-order valence-electron chi connectivity index (χ2n) is 10.4. The number of nitrogens with one attached hydrogen (secondary N) is 2. The summed E-state index contributed by atoms with van der Waals surface area (Å²) in [6.45, 7) is 5.28. The van der Waals surface area contributed by atoms with Crippen LogP contribution in [-0.2, 0) is 36.9 Å². The van der Waals surface area contributed by atoms with Crippen LogP contribution < -0.4 is 10.6 Å². The predicted molar refractivity (Wildman–Crippen MR) is 158 cm³/mol. The molecule has 224 valence electrons. The molecule has 0 heterocycles. The minimum Gasteiger partial charge on any atom is -0.464 e. The summed E-state index contributed by atoms with van der Waals surface area (Å²) in [6.07, 6.45) is -1.83. The van der Waals surface area contributed by atoms with E-state index in [2.05, 4.69) is 10.6 Å². The molecule has 3 N–H and O–H groups in total. The zero-order chi connectivity index (χ0) is 30.5. The third kappa shape index (κ3) is 10.2. The molecule has 0 saturated heterocycles. The van der Waals surface area contributed by atoms with Crippen LogP contribution in [0.1, 0.15) is 38.3 Å². The molecule has 0 aromatic heterocycles. The Morgan fingerprint density at radius 2 is 1.60 bits per heavy atom. The average Bonchev–Trinajstić information content (AvgIpc) is 2.97. The Balaban J connectivity index is 1.76. The van der Waals surface area contributed by atoms with E-state index >= 15 is 0 Å². The summed E-state index contributed by atoms with van der Waals surface area (Å²) >= 11 is 0. The number of carbonyl (C=O) groups excluding carboxylic acids is 4. The van der Waals surface area contributed by atoms with E-state index in [9.17, 15) is 24.3 Å². The van der Waals surface area contributed by atoms with Crippen molar-refractivity contribution < 1.29 is 33.8 Å². The summed E-state index contributed by atoms with van der Waals surface area (Å²) in [5.41, 5.74) is 1.64. The number of nitrogens with zero attached hydrogens (tertiary/aromatic N) is 1. The Bertz CT molecular complexity index is 1340. The van der Waals surface area contributed by atoms with Crippen molar-refractivity contribution in [1.82, 2.24) is 15.5 Å². The van der Waals surface area contributed by atoms with Gasteiger partial charge in [0, 0.05) is 19.9 Å². The van der Waals surface area contributed by atoms with Crippen molar-refractivity contribution in [2.24, 2.45) is 5.92 Å². The molecule has 3 rings (SSSR count). The number of urea groups is 1. The number of amides is 3. The van der Waals surface area contributed by atoms with Gasteiger partial charge in [-0.2, -0.15) is 0 Å². The summed E-state index contributed by atoms with van der Waals surface area (Å²) in [7, 11) is 0. The van der Waals surface area contributed by atoms with E-state index in [0.29, 0.717) is 0 Å². The van der Waals surface area contributed by atoms with E-state index in [4.69, 9.17) is 9.47 Å². The zero-order valence-electron chi connectivity index (χ0n) is 24.2. The number of ether oxygens (including phenoxy) is 2. The average molecular weight is 578 g/mol. The van der Waals surface area contributed by atoms with Crippen molar-refractivity contribution in [3.05, 3.63) is 83.9 Å². The van der Waals surface area contributed by atoms with Crippen molar-refractivity contribution in [3.63, 3.8) is 0 Å². The molecule has 3 aromatic rings. The summed E-state index contributed by atoms with van der Waals surface area (Å²) in [4.78, 5) is 51.3. The molecule has 42 heavy (non-hydrogen) atoms. The number of hydrogen-bond donors (Lipinski definition) is 3. The summed E-state index contributed by atoms with van der Waals surface area (Å²) < 4.78 is 10.7. The van der Waals surface area contributed by atoms with E-state index in [0.717, 1.165) is 26.8 Å². The van der Waals surface area contributed by atoms with Gasteiger partial charge in [-0.05, 0) is 27.8 Å². The van der Waals surface area contributed by atoms with Gasteiger partial charge in [0.15, 0.2) is 0 Å². The van der Waals surface area contributed by atoms with Gasteiger partial charge in [0.05, 0.1) is 13.0 Å². The molecule has 10 nitrogen and oxygen atoms in total. The lowest BCUT2D eigenvalue weighted by atomic mass is 9.99. The van der Waals surface area contributed by atoms with Gasteiger partial charge in [0.1, 0.15) is 25.5 Å². The maximum absolute atomic E-state index is 13.5. The van der Waals surface area contributed by atoms with Gasteiger partial charge in [0.2, 0.25) is 5.91 Å². The van der Waals surface area contributed by atoms with Crippen molar-refractivity contribution in [2.75, 3.05) is 19.7 Å². The Kier molecular flexibility index (Phi) is 12.3. The first-order valence-electron chi connectivity index (χ1n) is 14.0. The van der Waals surface area contributed by atoms with Gasteiger partial charge in [-0.3, -0.25) is 14.5 Å². The molecule has 10 heteroatoms. The molecule has 0 radical (unpaired) electrons. The molecule has 0 spiro atoms. The third-order valence-corrected chi connectivity index (χ3v) is 6.38. The van der Waals surface area contributed by atoms with Crippen LogP contribution in [0.15, 0.2) is 72.8 Å². The molecular weight excluding hydrogens is 538 g/mol. The fourth-order valence-electron chi connectivity index (χ4n) is 4.39. The number of benzene rings is 3. The lowest BCUT2D eigenvalue weighted by molar-refractivity contribution is -0.149. The monoisotopic (exact) mass is 577 g/mol. The first kappa shape index (κ1) is 32.1. The SMILES string of the molecule is CC(=O)NCCOC(=O)CC(O)N(CC(C)C)C(=O)NC(Cc1cccc2ccccc12)C(=O)OCc1ccccc1. The van der Waals surface area contributed by atoms with Crippen molar-refractivity contribution >= 4 is 34.6 Å². The van der Waals surface area contributed by atoms with Gasteiger partial charge in [-0.1, -0.05) is 86.6 Å². The van der Waals surface area contributed by atoms with E-state index < -0.39 is 36.7 Å². The van der Waals surface area contributed by atoms with Crippen molar-refractivity contribution in [2.45, 2.75) is 52.5 Å². The Morgan fingerprint density at radius 3 is 2.31 bits per heavy atom. The fraction of sp³-hybridized carbons (Fsp3) is 0.375. The lowest BCUT2D eigenvalue weighted by Crippen LogP contribution is -2.53. The topological polar surface area (TPSA) is 134 Å². The maximum atomic E-state index is 13.5. The molecule has 0 aliphatic rings. The highest BCUT2D eigenvalue weighted by molar-refractivity contribution is 5.88. The van der Waals surface area contributed by atoms with E-state index in [1.54, 1.807) is 0 Å². The summed E-state index contributed by atoms with van der Waals surface area (Å²) in [6, 6.07) is 20.9. The first-order valence-corrected chi connectivity index (χ1v) is 14.0. The van der Waals surface area contributed by atoms with Gasteiger partial charge in [-0.25, -0.2) is 9.59 Å². The second-order valence-corrected chi connectivity index (χ2v) is 10.4. The summed E-state index contributed by atoms with van der Waals surface area (Å²) in [5.74, 6) is -1.67. The smallest absolute Gasteiger partial charge is 0.329 e. The molecule has 0 bridgehead atoms. The predicted octanol–water partition coefficient (Wildman–Crippen LogP) is 3.55. The normalized spacial score (nSPS) is 12.3. The number of aliphatic hydroxyl groups excluding tert-OH is 1. The molecule has 0 aliphatic heterocycles. The van der Waals surface area contributed by atoms with E-state index in [-0.39, 0.29) is 44.5 Å². The molecular formula is C32H39N3O7. The van der Waals surface area contributed by atoms with Crippen LogP contribution in [0, 0.1) is 5.92 Å². The van der Waals surface area contributed by atoms with Crippen LogP contribution in [0.2, 0.25) is 0 Å². The quantitative estimate of drug-likeness (QED) is 0.152. The Labute approximate surface area is 246 Å². The van der Waals surface area contributed by atoms with Crippen LogP contribution in [0.4, 0.5) is 4.79 Å². The minimum absolute atomic E-state index is 0.0320. The molecule has 0 aliphatic carbocycles. The van der Waals surface area contributed by atoms with Crippen molar-refractivity contribution in [3.8, 4) is 0 Å². The second kappa shape index (κ2) is 16.1. The van der Waals surface area contributed by atoms with Crippen LogP contribution in [0.3, 0.4) is 0 Å². The Hall–Kier alpha value is -4.44. The van der Waals surface area contributed by atoms with Crippen LogP contribution in [0.5, 0.6) is 0 Å². The molecule has 3 aromatic carbocycles. The van der Waals surface area contributed by atoms with Gasteiger partial charge >= 0.3 is 18.0 Å². The number of rotatable bonds is 14. The number of aliphatic hydroxyl groups is 1. The Morgan fingerprint density at radius 1 is 0.905 bits per heavy atom. The zero-order valence-corrected chi connectivity index (χ0v) is 24.2. The van der Waals surface area contributed by atoms with Crippen LogP contribution in [0.25, 0.3) is 10.8 Å². The van der Waals surface area contributed by atoms with Gasteiger partial charge < -0.3 is 25.2 Å². The largest absolute Gasteiger partial charge is 0.464 e. The van der Waals surface area contributed by atoms with Gasteiger partial charge in [-0.15, -0.1) is 0 Å². The van der Waals surface area contributed by atoms with Crippen LogP contribution in [-0.4, -0.2) is 65.8 Å². The first-order chi connectivity index (χ1) is 20.1. The number of fused-ring (bicyclic) bond motifs is 1. The highest BCUT2D eigenvalue weighted by Gasteiger charge is 2.30. The molecule has 0 saturated carbocycles. The highest BCUT2D eigenvalue weighted by atomic mass is 16.5. The summed E-state index contributed by atoms with van der Waals surface area (Å²) in [5, 5.41) is 18.0. The third-order valence-electron chi connectivity index (χ3n) is 6.38. The van der Waals surface area contributed by atoms with Crippen LogP contribution >= 0.6 is 0 Å². The molecule has 0 fully saturated rings. The standard InChI is InChI=1S/C32H39N3O7/c1-22(2)20-35(29(37)19-30(38)41-17-16-33-23(3)36)32(40)34-28(31(39)42-21-24-10-5-4-6-11-24)18-26-14-9-13-25-12-7-8-15-27(25)26/h4-15,22,28-29,37H,16-21H2,1-3H3,(H,33,36)(H,34,40). The van der Waals surface area contributed by atoms with E-state index in [1.165, 1.54) is 6.92 Å². The van der Waals surface area contributed by atoms with Crippen molar-refractivity contribution in [1.29, 1.82) is 0 Å². The number of hydrogen-bond acceptors (Lipinski definition) is 7. The lowest BCUT2D eigenvalue weighted by Gasteiger charge is -2.31. The molecule has 2 atom stereocenters. The van der Waals surface area contributed by atoms with Gasteiger partial charge in [0.25, 0.3) is 0 Å². The minimum atomic E-state index is -1.50. The van der Waals surface area contributed by atoms with E-state index in [1.807, 2.05) is 86.6 Å². The number of esters is 2. The fourth-order valence-corrected chi connectivity index (χ4v) is 4.39.